The van der Waals surface area contributed by atoms with Gasteiger partial charge in [0.15, 0.2) is 0 Å². The van der Waals surface area contributed by atoms with Gasteiger partial charge in [0.2, 0.25) is 0 Å². The molecule has 8 heavy (non-hydrogen) atoms. The minimum atomic E-state index is 0.102. The molecule has 3 heteroatoms. The van der Waals surface area contributed by atoms with E-state index in [2.05, 4.69) is 4.98 Å². The van der Waals surface area contributed by atoms with Crippen LogP contribution in [0.4, 0.5) is 0 Å². The second-order valence-corrected chi connectivity index (χ2v) is 1.48. The molecule has 0 saturated carbocycles. The Morgan fingerprint density at radius 1 is 1.50 bits per heavy atom. The Morgan fingerprint density at radius 3 is 2.62 bits per heavy atom. The third-order valence-corrected chi connectivity index (χ3v) is 0.745. The van der Waals surface area contributed by atoms with Crippen molar-refractivity contribution in [1.29, 1.82) is 0 Å². The predicted molar refractivity (Wildman–Crippen MR) is 31.3 cm³/mol. The molecule has 38 valence electrons. The van der Waals surface area contributed by atoms with Crippen LogP contribution in [0.15, 0.2) is 18.5 Å². The zero-order valence-electron chi connectivity index (χ0n) is 4.20. The van der Waals surface area contributed by atoms with Gasteiger partial charge in [-0.15, -0.1) is 0 Å². The normalized spacial score (nSPS) is 9.00. The van der Waals surface area contributed by atoms with Crippen LogP contribution in [-0.2, 0) is 0 Å². The summed E-state index contributed by atoms with van der Waals surface area (Å²) in [5, 5.41) is 8.67. The molecule has 0 bridgehead atoms. The SMILES string of the molecule is [B]c1cncc(O)c1. The Kier molecular flexibility index (Phi) is 1.20. The van der Waals surface area contributed by atoms with E-state index in [0.717, 1.165) is 0 Å². The Hall–Kier alpha value is -0.985. The molecule has 0 saturated heterocycles. The molecule has 1 aromatic rings. The van der Waals surface area contributed by atoms with Gasteiger partial charge in [-0.3, -0.25) is 4.98 Å². The first kappa shape index (κ1) is 5.16. The summed E-state index contributed by atoms with van der Waals surface area (Å²) in [6, 6.07) is 1.44. The van der Waals surface area contributed by atoms with Crippen LogP contribution in [0, 0.1) is 0 Å². The molecule has 2 radical (unpaired) electrons. The van der Waals surface area contributed by atoms with Crippen LogP contribution in [0.25, 0.3) is 0 Å². The van der Waals surface area contributed by atoms with Crippen LogP contribution in [0.3, 0.4) is 0 Å². The molecular weight excluding hydrogens is 101 g/mol. The maximum Gasteiger partial charge on any atom is 0.133 e. The van der Waals surface area contributed by atoms with Crippen molar-refractivity contribution in [2.75, 3.05) is 0 Å². The average Bonchev–Trinajstić information content (AvgIpc) is 1.64. The van der Waals surface area contributed by atoms with E-state index in [0.29, 0.717) is 5.46 Å². The third-order valence-electron chi connectivity index (χ3n) is 0.745. The van der Waals surface area contributed by atoms with E-state index in [4.69, 9.17) is 13.0 Å². The molecular formula is C5H4BNO. The fourth-order valence-electron chi connectivity index (χ4n) is 0.445. The van der Waals surface area contributed by atoms with Crippen molar-refractivity contribution >= 4 is 13.3 Å². The number of hydrogen-bond acceptors (Lipinski definition) is 2. The first-order valence-corrected chi connectivity index (χ1v) is 2.18. The smallest absolute Gasteiger partial charge is 0.133 e. The molecule has 0 aliphatic heterocycles. The number of aromatic nitrogens is 1. The zero-order valence-corrected chi connectivity index (χ0v) is 4.20. The van der Waals surface area contributed by atoms with Gasteiger partial charge >= 0.3 is 0 Å². The molecule has 0 unspecified atom stereocenters. The van der Waals surface area contributed by atoms with Gasteiger partial charge in [-0.05, 0) is 6.07 Å². The average molecular weight is 105 g/mol. The standard InChI is InChI=1S/C5H4BNO/c6-4-1-5(8)3-7-2-4/h1-3,8H. The zero-order chi connectivity index (χ0) is 5.98. The molecule has 0 aromatic carbocycles. The van der Waals surface area contributed by atoms with Crippen molar-refractivity contribution in [2.24, 2.45) is 0 Å². The lowest BCUT2D eigenvalue weighted by molar-refractivity contribution is 0.473. The van der Waals surface area contributed by atoms with Gasteiger partial charge in [0.05, 0.1) is 6.20 Å². The summed E-state index contributed by atoms with van der Waals surface area (Å²) in [4.78, 5) is 3.61. The van der Waals surface area contributed by atoms with Gasteiger partial charge in [-0.1, -0.05) is 5.46 Å². The topological polar surface area (TPSA) is 33.1 Å². The van der Waals surface area contributed by atoms with E-state index in [-0.39, 0.29) is 5.75 Å². The maximum atomic E-state index is 8.67. The molecule has 2 nitrogen and oxygen atoms in total. The number of hydrogen-bond donors (Lipinski definition) is 1. The number of aromatic hydroxyl groups is 1. The lowest BCUT2D eigenvalue weighted by Gasteiger charge is -1.89. The molecule has 1 heterocycles. The van der Waals surface area contributed by atoms with Gasteiger partial charge < -0.3 is 5.11 Å². The quantitative estimate of drug-likeness (QED) is 0.454. The van der Waals surface area contributed by atoms with Crippen molar-refractivity contribution < 1.29 is 5.11 Å². The van der Waals surface area contributed by atoms with E-state index >= 15 is 0 Å². The largest absolute Gasteiger partial charge is 0.506 e. The summed E-state index contributed by atoms with van der Waals surface area (Å²) < 4.78 is 0. The predicted octanol–water partition coefficient (Wildman–Crippen LogP) is -0.419. The van der Waals surface area contributed by atoms with Gasteiger partial charge in [0.1, 0.15) is 13.6 Å². The lowest BCUT2D eigenvalue weighted by Crippen LogP contribution is -2.00. The summed E-state index contributed by atoms with van der Waals surface area (Å²) >= 11 is 0. The van der Waals surface area contributed by atoms with Crippen LogP contribution in [0.2, 0.25) is 0 Å². The van der Waals surface area contributed by atoms with E-state index < -0.39 is 0 Å². The first-order valence-electron chi connectivity index (χ1n) is 2.18. The Bertz CT molecular complexity index is 172. The van der Waals surface area contributed by atoms with Gasteiger partial charge in [-0.2, -0.15) is 0 Å². The van der Waals surface area contributed by atoms with Crippen LogP contribution < -0.4 is 5.46 Å². The Balaban J connectivity index is 3.08. The Labute approximate surface area is 48.6 Å². The molecule has 0 atom stereocenters. The van der Waals surface area contributed by atoms with Crippen molar-refractivity contribution in [2.45, 2.75) is 0 Å². The molecule has 0 aliphatic rings. The molecule has 0 spiro atoms. The summed E-state index contributed by atoms with van der Waals surface area (Å²) in [5.41, 5.74) is 0.477. The summed E-state index contributed by atoms with van der Waals surface area (Å²) in [6.45, 7) is 0. The van der Waals surface area contributed by atoms with E-state index in [1.807, 2.05) is 0 Å². The van der Waals surface area contributed by atoms with Crippen molar-refractivity contribution in [1.82, 2.24) is 4.98 Å². The first-order chi connectivity index (χ1) is 3.79. The molecule has 1 N–H and O–H groups in total. The fraction of sp³-hybridized carbons (Fsp3) is 0. The summed E-state index contributed by atoms with van der Waals surface area (Å²) in [5.74, 6) is 0.102. The second-order valence-electron chi connectivity index (χ2n) is 1.48. The monoisotopic (exact) mass is 105 g/mol. The van der Waals surface area contributed by atoms with Crippen molar-refractivity contribution in [3.63, 3.8) is 0 Å². The summed E-state index contributed by atoms with van der Waals surface area (Å²) in [7, 11) is 5.24. The fourth-order valence-corrected chi connectivity index (χ4v) is 0.445. The van der Waals surface area contributed by atoms with Crippen LogP contribution in [0.1, 0.15) is 0 Å². The highest BCUT2D eigenvalue weighted by Crippen LogP contribution is 1.97. The van der Waals surface area contributed by atoms with Gasteiger partial charge in [-0.25, -0.2) is 0 Å². The molecule has 1 rings (SSSR count). The molecule has 0 aliphatic carbocycles. The van der Waals surface area contributed by atoms with Crippen LogP contribution >= 0.6 is 0 Å². The highest BCUT2D eigenvalue weighted by atomic mass is 16.3. The van der Waals surface area contributed by atoms with E-state index in [1.165, 1.54) is 18.5 Å². The van der Waals surface area contributed by atoms with Gasteiger partial charge in [0.25, 0.3) is 0 Å². The lowest BCUT2D eigenvalue weighted by atomic mass is 9.99. The van der Waals surface area contributed by atoms with Crippen molar-refractivity contribution in [3.8, 4) is 5.75 Å². The highest BCUT2D eigenvalue weighted by molar-refractivity contribution is 6.32. The summed E-state index contributed by atoms with van der Waals surface area (Å²) in [6.07, 6.45) is 2.80. The number of nitrogens with zero attached hydrogens (tertiary/aromatic N) is 1. The van der Waals surface area contributed by atoms with Crippen LogP contribution in [-0.4, -0.2) is 17.9 Å². The second kappa shape index (κ2) is 1.86. The molecule has 1 aromatic heterocycles. The minimum Gasteiger partial charge on any atom is -0.506 e. The minimum absolute atomic E-state index is 0.102. The van der Waals surface area contributed by atoms with Crippen molar-refractivity contribution in [3.05, 3.63) is 18.5 Å². The highest BCUT2D eigenvalue weighted by Gasteiger charge is 1.84. The molecule has 0 fully saturated rings. The third kappa shape index (κ3) is 0.995. The van der Waals surface area contributed by atoms with Gasteiger partial charge in [0, 0.05) is 6.20 Å². The van der Waals surface area contributed by atoms with E-state index in [1.54, 1.807) is 0 Å². The Morgan fingerprint density at radius 2 is 2.25 bits per heavy atom. The van der Waals surface area contributed by atoms with E-state index in [9.17, 15) is 0 Å². The maximum absolute atomic E-state index is 8.67. The number of rotatable bonds is 0. The number of pyridine rings is 1. The molecule has 0 amide bonds. The van der Waals surface area contributed by atoms with Crippen LogP contribution in [0.5, 0.6) is 5.75 Å².